The first kappa shape index (κ1) is 18.8. The maximum atomic E-state index is 12.5. The van der Waals surface area contributed by atoms with Gasteiger partial charge in [-0.1, -0.05) is 53.3 Å². The van der Waals surface area contributed by atoms with Gasteiger partial charge in [-0.3, -0.25) is 4.79 Å². The summed E-state index contributed by atoms with van der Waals surface area (Å²) in [5, 5.41) is 4.23. The number of carbonyl (C=O) groups is 1. The molecule has 0 bridgehead atoms. The number of halogens is 4. The topological polar surface area (TPSA) is 29.1 Å². The molecule has 23 heavy (non-hydrogen) atoms. The molecule has 2 nitrogen and oxygen atoms in total. The molecule has 2 rings (SSSR count). The third kappa shape index (κ3) is 5.20. The standard InChI is InChI=1S/C16H13Cl4NOS/c1-2-15(23-10-5-3-9(17)4-6-10)16(22)21-14-8-12(19)11(18)7-13(14)20/h3-8,15H,2H2,1H3,(H,21,22)/t15-/m1/s1. The van der Waals surface area contributed by atoms with Gasteiger partial charge in [0.1, 0.15) is 0 Å². The van der Waals surface area contributed by atoms with Crippen molar-refractivity contribution in [3.05, 3.63) is 56.5 Å². The highest BCUT2D eigenvalue weighted by Crippen LogP contribution is 2.33. The normalized spacial score (nSPS) is 12.0. The summed E-state index contributed by atoms with van der Waals surface area (Å²) in [5.74, 6) is -0.146. The Labute approximate surface area is 159 Å². The lowest BCUT2D eigenvalue weighted by Gasteiger charge is -2.16. The van der Waals surface area contributed by atoms with E-state index in [0.29, 0.717) is 32.2 Å². The van der Waals surface area contributed by atoms with Crippen molar-refractivity contribution in [1.82, 2.24) is 0 Å². The van der Waals surface area contributed by atoms with Crippen molar-refractivity contribution >= 4 is 69.8 Å². The quantitative estimate of drug-likeness (QED) is 0.434. The number of amides is 1. The van der Waals surface area contributed by atoms with Crippen LogP contribution in [0.1, 0.15) is 13.3 Å². The molecule has 0 aliphatic rings. The Balaban J connectivity index is 2.11. The van der Waals surface area contributed by atoms with Gasteiger partial charge in [-0.25, -0.2) is 0 Å². The van der Waals surface area contributed by atoms with Crippen LogP contribution < -0.4 is 5.32 Å². The number of anilines is 1. The molecule has 0 aromatic heterocycles. The van der Waals surface area contributed by atoms with Crippen LogP contribution in [0, 0.1) is 0 Å². The summed E-state index contributed by atoms with van der Waals surface area (Å²) in [6, 6.07) is 10.4. The molecule has 0 radical (unpaired) electrons. The van der Waals surface area contributed by atoms with Gasteiger partial charge in [-0.2, -0.15) is 0 Å². The molecule has 122 valence electrons. The second kappa shape index (κ2) is 8.50. The first-order valence-corrected chi connectivity index (χ1v) is 9.17. The minimum Gasteiger partial charge on any atom is -0.324 e. The van der Waals surface area contributed by atoms with E-state index in [1.165, 1.54) is 17.8 Å². The maximum Gasteiger partial charge on any atom is 0.237 e. The minimum absolute atomic E-state index is 0.146. The third-order valence-corrected chi connectivity index (χ3v) is 5.69. The fourth-order valence-corrected chi connectivity index (χ4v) is 3.51. The van der Waals surface area contributed by atoms with Crippen LogP contribution in [-0.4, -0.2) is 11.2 Å². The summed E-state index contributed by atoms with van der Waals surface area (Å²) < 4.78 is 0. The smallest absolute Gasteiger partial charge is 0.237 e. The van der Waals surface area contributed by atoms with Gasteiger partial charge in [-0.05, 0) is 42.8 Å². The molecule has 2 aromatic rings. The van der Waals surface area contributed by atoms with Crippen LogP contribution in [0.25, 0.3) is 0 Å². The van der Waals surface area contributed by atoms with Gasteiger partial charge < -0.3 is 5.32 Å². The molecule has 1 amide bonds. The minimum atomic E-state index is -0.262. The summed E-state index contributed by atoms with van der Waals surface area (Å²) in [7, 11) is 0. The monoisotopic (exact) mass is 407 g/mol. The zero-order valence-electron chi connectivity index (χ0n) is 12.1. The van der Waals surface area contributed by atoms with Gasteiger partial charge in [0.25, 0.3) is 0 Å². The predicted molar refractivity (Wildman–Crippen MR) is 101 cm³/mol. The molecule has 0 aliphatic carbocycles. The van der Waals surface area contributed by atoms with E-state index in [2.05, 4.69) is 5.32 Å². The van der Waals surface area contributed by atoms with Crippen molar-refractivity contribution in [2.75, 3.05) is 5.32 Å². The van der Waals surface area contributed by atoms with Crippen LogP contribution in [0.2, 0.25) is 20.1 Å². The van der Waals surface area contributed by atoms with E-state index < -0.39 is 0 Å². The average Bonchev–Trinajstić information content (AvgIpc) is 2.52. The third-order valence-electron chi connectivity index (χ3n) is 3.02. The van der Waals surface area contributed by atoms with Gasteiger partial charge in [-0.15, -0.1) is 11.8 Å². The SMILES string of the molecule is CC[C@@H](Sc1ccc(Cl)cc1)C(=O)Nc1cc(Cl)c(Cl)cc1Cl. The molecule has 0 aliphatic heterocycles. The largest absolute Gasteiger partial charge is 0.324 e. The van der Waals surface area contributed by atoms with Gasteiger partial charge >= 0.3 is 0 Å². The molecule has 2 aromatic carbocycles. The van der Waals surface area contributed by atoms with Crippen molar-refractivity contribution in [2.24, 2.45) is 0 Å². The summed E-state index contributed by atoms with van der Waals surface area (Å²) in [4.78, 5) is 13.4. The summed E-state index contributed by atoms with van der Waals surface area (Å²) in [6.07, 6.45) is 0.665. The molecular weight excluding hydrogens is 396 g/mol. The van der Waals surface area contributed by atoms with Crippen molar-refractivity contribution in [2.45, 2.75) is 23.5 Å². The van der Waals surface area contributed by atoms with Crippen LogP contribution in [0.4, 0.5) is 5.69 Å². The second-order valence-electron chi connectivity index (χ2n) is 4.70. The average molecular weight is 409 g/mol. The van der Waals surface area contributed by atoms with Crippen LogP contribution in [0.3, 0.4) is 0 Å². The Morgan fingerprint density at radius 1 is 1.04 bits per heavy atom. The molecule has 0 unspecified atom stereocenters. The zero-order chi connectivity index (χ0) is 17.0. The Morgan fingerprint density at radius 3 is 2.26 bits per heavy atom. The molecular formula is C16H13Cl4NOS. The number of nitrogens with one attached hydrogen (secondary N) is 1. The number of rotatable bonds is 5. The molecule has 0 fully saturated rings. The van der Waals surface area contributed by atoms with Gasteiger partial charge in [0.05, 0.1) is 26.0 Å². The van der Waals surface area contributed by atoms with Gasteiger partial charge in [0.15, 0.2) is 0 Å². The fourth-order valence-electron chi connectivity index (χ4n) is 1.83. The van der Waals surface area contributed by atoms with E-state index in [0.717, 1.165) is 4.90 Å². The summed E-state index contributed by atoms with van der Waals surface area (Å²) in [5.41, 5.74) is 0.446. The number of hydrogen-bond donors (Lipinski definition) is 1. The van der Waals surface area contributed by atoms with Crippen LogP contribution in [0.5, 0.6) is 0 Å². The lowest BCUT2D eigenvalue weighted by Crippen LogP contribution is -2.24. The Bertz CT molecular complexity index is 706. The van der Waals surface area contributed by atoms with E-state index in [1.807, 2.05) is 19.1 Å². The maximum absolute atomic E-state index is 12.5. The fraction of sp³-hybridized carbons (Fsp3) is 0.188. The zero-order valence-corrected chi connectivity index (χ0v) is 15.9. The molecule has 0 spiro atoms. The molecule has 1 N–H and O–H groups in total. The highest BCUT2D eigenvalue weighted by atomic mass is 35.5. The van der Waals surface area contributed by atoms with Crippen LogP contribution in [0.15, 0.2) is 41.3 Å². The predicted octanol–water partition coefficient (Wildman–Crippen LogP) is 6.81. The lowest BCUT2D eigenvalue weighted by atomic mass is 10.2. The molecule has 1 atom stereocenters. The summed E-state index contributed by atoms with van der Waals surface area (Å²) in [6.45, 7) is 1.95. The van der Waals surface area contributed by atoms with Gasteiger partial charge in [0, 0.05) is 9.92 Å². The number of benzene rings is 2. The number of thioether (sulfide) groups is 1. The lowest BCUT2D eigenvalue weighted by molar-refractivity contribution is -0.115. The van der Waals surface area contributed by atoms with Crippen LogP contribution in [-0.2, 0) is 4.79 Å². The van der Waals surface area contributed by atoms with E-state index in [9.17, 15) is 4.79 Å². The first-order chi connectivity index (χ1) is 10.9. The second-order valence-corrected chi connectivity index (χ2v) is 7.64. The first-order valence-electron chi connectivity index (χ1n) is 6.78. The van der Waals surface area contributed by atoms with E-state index in [1.54, 1.807) is 18.2 Å². The van der Waals surface area contributed by atoms with Crippen LogP contribution >= 0.6 is 58.2 Å². The molecule has 0 saturated carbocycles. The Hall–Kier alpha value is -0.580. The number of carbonyl (C=O) groups excluding carboxylic acids is 1. The molecule has 7 heteroatoms. The van der Waals surface area contributed by atoms with E-state index in [4.69, 9.17) is 46.4 Å². The highest BCUT2D eigenvalue weighted by Gasteiger charge is 2.19. The van der Waals surface area contributed by atoms with Crippen molar-refractivity contribution in [3.63, 3.8) is 0 Å². The Kier molecular flexibility index (Phi) is 6.93. The van der Waals surface area contributed by atoms with E-state index >= 15 is 0 Å². The van der Waals surface area contributed by atoms with Crippen molar-refractivity contribution < 1.29 is 4.79 Å². The summed E-state index contributed by atoms with van der Waals surface area (Å²) >= 11 is 25.3. The molecule has 0 saturated heterocycles. The number of hydrogen-bond acceptors (Lipinski definition) is 2. The van der Waals surface area contributed by atoms with Crippen molar-refractivity contribution in [1.29, 1.82) is 0 Å². The highest BCUT2D eigenvalue weighted by molar-refractivity contribution is 8.00. The van der Waals surface area contributed by atoms with E-state index in [-0.39, 0.29) is 11.2 Å². The van der Waals surface area contributed by atoms with Gasteiger partial charge in [0.2, 0.25) is 5.91 Å². The van der Waals surface area contributed by atoms with Crippen molar-refractivity contribution in [3.8, 4) is 0 Å². The molecule has 0 heterocycles. The Morgan fingerprint density at radius 2 is 1.65 bits per heavy atom.